The summed E-state index contributed by atoms with van der Waals surface area (Å²) in [6.07, 6.45) is 4.87. The van der Waals surface area contributed by atoms with Crippen molar-refractivity contribution in [2.75, 3.05) is 17.7 Å². The Morgan fingerprint density at radius 2 is 1.91 bits per heavy atom. The Morgan fingerprint density at radius 1 is 1.09 bits per heavy atom. The van der Waals surface area contributed by atoms with E-state index in [0.717, 1.165) is 17.1 Å². The van der Waals surface area contributed by atoms with Gasteiger partial charge in [-0.25, -0.2) is 4.98 Å². The summed E-state index contributed by atoms with van der Waals surface area (Å²) in [5.41, 5.74) is 1.60. The Hall–Kier alpha value is -2.80. The van der Waals surface area contributed by atoms with Gasteiger partial charge in [0.25, 0.3) is 0 Å². The van der Waals surface area contributed by atoms with E-state index in [1.165, 1.54) is 6.20 Å². The summed E-state index contributed by atoms with van der Waals surface area (Å²) < 4.78 is 5.12. The molecule has 0 aliphatic carbocycles. The molecule has 8 heteroatoms. The number of H-pyrrole nitrogens is 1. The van der Waals surface area contributed by atoms with Crippen LogP contribution in [-0.4, -0.2) is 27.3 Å². The fraction of sp³-hybridized carbons (Fsp3) is 0.0714. The molecular weight excluding hydrogens is 304 g/mol. The van der Waals surface area contributed by atoms with E-state index in [9.17, 15) is 0 Å². The SMILES string of the molecule is COc1ccc(Nc2nc(Nc3cn[nH]c3)ncc2Cl)cc1. The Labute approximate surface area is 131 Å². The van der Waals surface area contributed by atoms with Crippen LogP contribution in [0, 0.1) is 0 Å². The van der Waals surface area contributed by atoms with E-state index in [1.807, 2.05) is 24.3 Å². The van der Waals surface area contributed by atoms with Gasteiger partial charge >= 0.3 is 0 Å². The van der Waals surface area contributed by atoms with E-state index in [1.54, 1.807) is 19.5 Å². The third-order valence-corrected chi connectivity index (χ3v) is 3.13. The highest BCUT2D eigenvalue weighted by atomic mass is 35.5. The first-order valence-corrected chi connectivity index (χ1v) is 6.82. The summed E-state index contributed by atoms with van der Waals surface area (Å²) in [4.78, 5) is 8.47. The molecule has 3 aromatic rings. The molecule has 3 rings (SSSR count). The molecule has 0 amide bonds. The second kappa shape index (κ2) is 6.31. The number of rotatable bonds is 5. The predicted octanol–water partition coefficient (Wildman–Crippen LogP) is 3.35. The summed E-state index contributed by atoms with van der Waals surface area (Å²) >= 11 is 6.13. The van der Waals surface area contributed by atoms with E-state index in [4.69, 9.17) is 16.3 Å². The van der Waals surface area contributed by atoms with Crippen LogP contribution in [0.3, 0.4) is 0 Å². The highest BCUT2D eigenvalue weighted by molar-refractivity contribution is 6.32. The van der Waals surface area contributed by atoms with Gasteiger partial charge < -0.3 is 15.4 Å². The minimum absolute atomic E-state index is 0.418. The van der Waals surface area contributed by atoms with Crippen LogP contribution in [0.5, 0.6) is 5.75 Å². The topological polar surface area (TPSA) is 87.8 Å². The number of anilines is 4. The molecule has 0 bridgehead atoms. The molecule has 0 spiro atoms. The number of hydrogen-bond donors (Lipinski definition) is 3. The molecule has 0 aliphatic rings. The van der Waals surface area contributed by atoms with Gasteiger partial charge in [0.15, 0.2) is 5.82 Å². The monoisotopic (exact) mass is 316 g/mol. The zero-order valence-corrected chi connectivity index (χ0v) is 12.4. The molecule has 1 aromatic carbocycles. The van der Waals surface area contributed by atoms with Crippen molar-refractivity contribution in [3.05, 3.63) is 47.9 Å². The molecule has 7 nitrogen and oxygen atoms in total. The van der Waals surface area contributed by atoms with Crippen molar-refractivity contribution < 1.29 is 4.74 Å². The lowest BCUT2D eigenvalue weighted by Crippen LogP contribution is -2.01. The first-order valence-electron chi connectivity index (χ1n) is 6.44. The summed E-state index contributed by atoms with van der Waals surface area (Å²) in [5, 5.41) is 13.1. The zero-order valence-electron chi connectivity index (χ0n) is 11.7. The van der Waals surface area contributed by atoms with Gasteiger partial charge in [-0.3, -0.25) is 5.10 Å². The molecule has 0 fully saturated rings. The van der Waals surface area contributed by atoms with Crippen LogP contribution in [0.25, 0.3) is 0 Å². The second-order valence-electron chi connectivity index (χ2n) is 4.36. The zero-order chi connectivity index (χ0) is 15.4. The Bertz CT molecular complexity index is 745. The molecule has 0 unspecified atom stereocenters. The standard InChI is InChI=1S/C14H13ClN6O/c1-22-11-4-2-9(3-5-11)19-13-12(15)8-16-14(21-13)20-10-6-17-18-7-10/h2-8H,1H3,(H,17,18)(H2,16,19,20,21). The summed E-state index contributed by atoms with van der Waals surface area (Å²) in [6, 6.07) is 7.45. The van der Waals surface area contributed by atoms with Gasteiger partial charge in [0.05, 0.1) is 25.2 Å². The van der Waals surface area contributed by atoms with Crippen LogP contribution in [-0.2, 0) is 0 Å². The fourth-order valence-corrected chi connectivity index (χ4v) is 1.91. The van der Waals surface area contributed by atoms with Crippen molar-refractivity contribution in [2.45, 2.75) is 0 Å². The third kappa shape index (κ3) is 3.26. The van der Waals surface area contributed by atoms with Crippen molar-refractivity contribution >= 4 is 34.7 Å². The number of methoxy groups -OCH3 is 1. The van der Waals surface area contributed by atoms with E-state index in [2.05, 4.69) is 30.8 Å². The van der Waals surface area contributed by atoms with E-state index in [-0.39, 0.29) is 0 Å². The van der Waals surface area contributed by atoms with Gasteiger partial charge in [0.1, 0.15) is 10.8 Å². The summed E-state index contributed by atoms with van der Waals surface area (Å²) in [6.45, 7) is 0. The van der Waals surface area contributed by atoms with Gasteiger partial charge in [-0.05, 0) is 24.3 Å². The van der Waals surface area contributed by atoms with Crippen molar-refractivity contribution in [1.82, 2.24) is 20.2 Å². The van der Waals surface area contributed by atoms with Crippen molar-refractivity contribution in [2.24, 2.45) is 0 Å². The molecule has 0 saturated heterocycles. The fourth-order valence-electron chi connectivity index (χ4n) is 1.77. The summed E-state index contributed by atoms with van der Waals surface area (Å²) in [7, 11) is 1.62. The highest BCUT2D eigenvalue weighted by Gasteiger charge is 2.07. The van der Waals surface area contributed by atoms with Crippen molar-refractivity contribution in [3.63, 3.8) is 0 Å². The number of hydrogen-bond acceptors (Lipinski definition) is 6. The second-order valence-corrected chi connectivity index (χ2v) is 4.76. The van der Waals surface area contributed by atoms with Crippen LogP contribution < -0.4 is 15.4 Å². The van der Waals surface area contributed by atoms with Crippen LogP contribution in [0.15, 0.2) is 42.9 Å². The molecule has 2 heterocycles. The number of halogens is 1. The third-order valence-electron chi connectivity index (χ3n) is 2.85. The number of benzene rings is 1. The van der Waals surface area contributed by atoms with Gasteiger partial charge in [0.2, 0.25) is 5.95 Å². The van der Waals surface area contributed by atoms with E-state index in [0.29, 0.717) is 16.8 Å². The Kier molecular flexibility index (Phi) is 4.06. The van der Waals surface area contributed by atoms with Crippen LogP contribution in [0.1, 0.15) is 0 Å². The van der Waals surface area contributed by atoms with E-state index >= 15 is 0 Å². The van der Waals surface area contributed by atoms with E-state index < -0.39 is 0 Å². The first-order chi connectivity index (χ1) is 10.7. The molecule has 0 saturated carbocycles. The number of ether oxygens (including phenoxy) is 1. The first kappa shape index (κ1) is 14.2. The minimum Gasteiger partial charge on any atom is -0.497 e. The Balaban J connectivity index is 1.79. The number of nitrogens with zero attached hydrogens (tertiary/aromatic N) is 3. The van der Waals surface area contributed by atoms with Crippen LogP contribution in [0.4, 0.5) is 23.1 Å². The van der Waals surface area contributed by atoms with Crippen molar-refractivity contribution in [3.8, 4) is 5.75 Å². The van der Waals surface area contributed by atoms with Crippen LogP contribution in [0.2, 0.25) is 5.02 Å². The molecule has 0 atom stereocenters. The van der Waals surface area contributed by atoms with Gasteiger partial charge in [-0.1, -0.05) is 11.6 Å². The predicted molar refractivity (Wildman–Crippen MR) is 85.2 cm³/mol. The largest absolute Gasteiger partial charge is 0.497 e. The average Bonchev–Trinajstić information content (AvgIpc) is 3.04. The lowest BCUT2D eigenvalue weighted by atomic mass is 10.3. The molecule has 22 heavy (non-hydrogen) atoms. The van der Waals surface area contributed by atoms with Crippen molar-refractivity contribution in [1.29, 1.82) is 0 Å². The van der Waals surface area contributed by atoms with Gasteiger partial charge in [0, 0.05) is 11.9 Å². The molecule has 0 aliphatic heterocycles. The maximum atomic E-state index is 6.13. The highest BCUT2D eigenvalue weighted by Crippen LogP contribution is 2.25. The number of aromatic nitrogens is 4. The smallest absolute Gasteiger partial charge is 0.229 e. The maximum Gasteiger partial charge on any atom is 0.229 e. The molecule has 3 N–H and O–H groups in total. The molecule has 2 aromatic heterocycles. The lowest BCUT2D eigenvalue weighted by molar-refractivity contribution is 0.415. The van der Waals surface area contributed by atoms with Gasteiger partial charge in [-0.2, -0.15) is 10.1 Å². The summed E-state index contributed by atoms with van der Waals surface area (Å²) in [5.74, 6) is 1.70. The molecule has 112 valence electrons. The lowest BCUT2D eigenvalue weighted by Gasteiger charge is -2.09. The normalized spacial score (nSPS) is 10.3. The minimum atomic E-state index is 0.418. The van der Waals surface area contributed by atoms with Gasteiger partial charge in [-0.15, -0.1) is 0 Å². The number of nitrogens with one attached hydrogen (secondary N) is 3. The quantitative estimate of drug-likeness (QED) is 0.669. The molecular formula is C14H13ClN6O. The number of aromatic amines is 1. The van der Waals surface area contributed by atoms with Crippen LogP contribution >= 0.6 is 11.6 Å². The Morgan fingerprint density at radius 3 is 2.59 bits per heavy atom. The molecule has 0 radical (unpaired) electrons. The average molecular weight is 317 g/mol. The maximum absolute atomic E-state index is 6.13.